The van der Waals surface area contributed by atoms with Gasteiger partial charge in [-0.1, -0.05) is 0 Å². The third kappa shape index (κ3) is 2.38. The van der Waals surface area contributed by atoms with Crippen LogP contribution >= 0.6 is 0 Å². The second kappa shape index (κ2) is 5.36. The Kier molecular flexibility index (Phi) is 3.76. The summed E-state index contributed by atoms with van der Waals surface area (Å²) in [6, 6.07) is 2.81. The van der Waals surface area contributed by atoms with Crippen molar-refractivity contribution in [3.8, 4) is 17.2 Å². The molecular formula is C13H6F5N3. The van der Waals surface area contributed by atoms with E-state index in [1.165, 1.54) is 0 Å². The fourth-order valence-electron chi connectivity index (χ4n) is 1.74. The lowest BCUT2D eigenvalue weighted by molar-refractivity contribution is 0.381. The summed E-state index contributed by atoms with van der Waals surface area (Å²) in [5.41, 5.74) is 4.11. The summed E-state index contributed by atoms with van der Waals surface area (Å²) in [6.07, 6.45) is 0.649. The Morgan fingerprint density at radius 1 is 1.00 bits per heavy atom. The number of anilines is 1. The lowest BCUT2D eigenvalue weighted by Crippen LogP contribution is -2.05. The van der Waals surface area contributed by atoms with E-state index >= 15 is 0 Å². The SMILES string of the molecule is N#CCc1cc(-c2c(F)c(F)c(F)c(F)c2F)cnc1N. The highest BCUT2D eigenvalue weighted by Gasteiger charge is 2.27. The monoisotopic (exact) mass is 299 g/mol. The third-order valence-electron chi connectivity index (χ3n) is 2.77. The molecule has 2 aromatic rings. The molecule has 0 unspecified atom stereocenters. The van der Waals surface area contributed by atoms with Crippen LogP contribution in [-0.4, -0.2) is 4.98 Å². The minimum absolute atomic E-state index is 0.0656. The molecule has 0 fully saturated rings. The molecular weight excluding hydrogens is 293 g/mol. The van der Waals surface area contributed by atoms with Crippen LogP contribution in [0, 0.1) is 40.4 Å². The van der Waals surface area contributed by atoms with Crippen LogP contribution in [0.15, 0.2) is 12.3 Å². The van der Waals surface area contributed by atoms with Gasteiger partial charge in [0.15, 0.2) is 23.3 Å². The topological polar surface area (TPSA) is 62.7 Å². The Balaban J connectivity index is 2.74. The summed E-state index contributed by atoms with van der Waals surface area (Å²) < 4.78 is 66.6. The van der Waals surface area contributed by atoms with Gasteiger partial charge < -0.3 is 5.73 Å². The number of benzene rings is 1. The molecule has 2 N–H and O–H groups in total. The number of hydrogen-bond donors (Lipinski definition) is 1. The molecule has 1 aromatic heterocycles. The summed E-state index contributed by atoms with van der Waals surface area (Å²) in [5, 5.41) is 8.59. The van der Waals surface area contributed by atoms with Crippen molar-refractivity contribution in [2.75, 3.05) is 5.73 Å². The highest BCUT2D eigenvalue weighted by atomic mass is 19.2. The van der Waals surface area contributed by atoms with Crippen LogP contribution in [0.3, 0.4) is 0 Å². The van der Waals surface area contributed by atoms with E-state index in [1.807, 2.05) is 0 Å². The first-order valence-corrected chi connectivity index (χ1v) is 5.51. The molecule has 3 nitrogen and oxygen atoms in total. The fraction of sp³-hybridized carbons (Fsp3) is 0.0769. The molecule has 2 rings (SSSR count). The van der Waals surface area contributed by atoms with Crippen LogP contribution in [0.5, 0.6) is 0 Å². The molecule has 0 atom stereocenters. The van der Waals surface area contributed by atoms with Crippen molar-refractivity contribution in [2.45, 2.75) is 6.42 Å². The number of halogens is 5. The standard InChI is InChI=1S/C13H6F5N3/c14-8-7(9(15)11(17)12(18)10(8)16)6-3-5(1-2-19)13(20)21-4-6/h3-4H,1H2,(H2,20,21). The molecule has 0 saturated heterocycles. The van der Waals surface area contributed by atoms with E-state index in [0.29, 0.717) is 0 Å². The first-order valence-electron chi connectivity index (χ1n) is 5.51. The van der Waals surface area contributed by atoms with Gasteiger partial charge in [-0.15, -0.1) is 0 Å². The fourth-order valence-corrected chi connectivity index (χ4v) is 1.74. The van der Waals surface area contributed by atoms with E-state index in [4.69, 9.17) is 11.0 Å². The Morgan fingerprint density at radius 2 is 1.52 bits per heavy atom. The van der Waals surface area contributed by atoms with Crippen LogP contribution in [0.1, 0.15) is 5.56 Å². The van der Waals surface area contributed by atoms with E-state index in [1.54, 1.807) is 6.07 Å². The predicted molar refractivity (Wildman–Crippen MR) is 63.2 cm³/mol. The smallest absolute Gasteiger partial charge is 0.200 e. The first kappa shape index (κ1) is 14.7. The average Bonchev–Trinajstić information content (AvgIpc) is 2.47. The van der Waals surface area contributed by atoms with Gasteiger partial charge in [-0.25, -0.2) is 26.9 Å². The molecule has 0 aliphatic heterocycles. The zero-order valence-corrected chi connectivity index (χ0v) is 10.2. The Hall–Kier alpha value is -2.69. The molecule has 8 heteroatoms. The lowest BCUT2D eigenvalue weighted by atomic mass is 10.0. The van der Waals surface area contributed by atoms with Gasteiger partial charge in [-0.3, -0.25) is 0 Å². The Labute approximate surface area is 115 Å². The Morgan fingerprint density at radius 3 is 2.05 bits per heavy atom. The number of aromatic nitrogens is 1. The molecule has 0 saturated carbocycles. The van der Waals surface area contributed by atoms with Crippen molar-refractivity contribution in [1.29, 1.82) is 5.26 Å². The van der Waals surface area contributed by atoms with Crippen LogP contribution < -0.4 is 5.73 Å². The van der Waals surface area contributed by atoms with Gasteiger partial charge in [0.25, 0.3) is 0 Å². The number of nitrogens with zero attached hydrogens (tertiary/aromatic N) is 2. The van der Waals surface area contributed by atoms with Crippen LogP contribution in [-0.2, 0) is 6.42 Å². The van der Waals surface area contributed by atoms with E-state index < -0.39 is 34.6 Å². The van der Waals surface area contributed by atoms with Crippen LogP contribution in [0.2, 0.25) is 0 Å². The average molecular weight is 299 g/mol. The van der Waals surface area contributed by atoms with Gasteiger partial charge in [-0.2, -0.15) is 5.26 Å². The molecule has 1 heterocycles. The maximum atomic E-state index is 13.7. The molecule has 0 amide bonds. The normalized spacial score (nSPS) is 10.5. The number of nitrogens with two attached hydrogens (primary N) is 1. The molecule has 0 radical (unpaired) electrons. The number of pyridine rings is 1. The van der Waals surface area contributed by atoms with Crippen molar-refractivity contribution in [3.05, 3.63) is 46.9 Å². The Bertz CT molecular complexity index is 738. The number of nitriles is 1. The summed E-state index contributed by atoms with van der Waals surface area (Å²) in [6.45, 7) is 0. The molecule has 21 heavy (non-hydrogen) atoms. The van der Waals surface area contributed by atoms with Gasteiger partial charge in [-0.05, 0) is 6.07 Å². The van der Waals surface area contributed by atoms with Crippen LogP contribution in [0.25, 0.3) is 11.1 Å². The van der Waals surface area contributed by atoms with Gasteiger partial charge in [0, 0.05) is 17.3 Å². The van der Waals surface area contributed by atoms with E-state index in [0.717, 1.165) is 12.3 Å². The van der Waals surface area contributed by atoms with Crippen molar-refractivity contribution in [2.24, 2.45) is 0 Å². The van der Waals surface area contributed by atoms with Gasteiger partial charge in [0.1, 0.15) is 5.82 Å². The zero-order chi connectivity index (χ0) is 15.7. The van der Waals surface area contributed by atoms with Gasteiger partial charge in [0.2, 0.25) is 5.82 Å². The third-order valence-corrected chi connectivity index (χ3v) is 2.77. The van der Waals surface area contributed by atoms with E-state index in [9.17, 15) is 22.0 Å². The maximum Gasteiger partial charge on any atom is 0.200 e. The van der Waals surface area contributed by atoms with E-state index in [2.05, 4.69) is 4.98 Å². The predicted octanol–water partition coefficient (Wildman–Crippen LogP) is 3.09. The summed E-state index contributed by atoms with van der Waals surface area (Å²) in [4.78, 5) is 3.59. The van der Waals surface area contributed by atoms with Crippen molar-refractivity contribution in [3.63, 3.8) is 0 Å². The molecule has 0 aliphatic rings. The zero-order valence-electron chi connectivity index (χ0n) is 10.2. The summed E-state index contributed by atoms with van der Waals surface area (Å²) in [5.74, 6) is -10.4. The maximum absolute atomic E-state index is 13.7. The van der Waals surface area contributed by atoms with Crippen molar-refractivity contribution < 1.29 is 22.0 Å². The quantitative estimate of drug-likeness (QED) is 0.526. The van der Waals surface area contributed by atoms with E-state index in [-0.39, 0.29) is 23.4 Å². The second-order valence-electron chi connectivity index (χ2n) is 4.05. The minimum atomic E-state index is -2.24. The molecule has 1 aromatic carbocycles. The second-order valence-corrected chi connectivity index (χ2v) is 4.05. The summed E-state index contributed by atoms with van der Waals surface area (Å²) >= 11 is 0. The molecule has 108 valence electrons. The van der Waals surface area contributed by atoms with Gasteiger partial charge in [0.05, 0.1) is 18.1 Å². The number of rotatable bonds is 2. The molecule has 0 aliphatic carbocycles. The number of hydrogen-bond acceptors (Lipinski definition) is 3. The largest absolute Gasteiger partial charge is 0.383 e. The highest BCUT2D eigenvalue weighted by Crippen LogP contribution is 2.32. The molecule has 0 bridgehead atoms. The number of nitrogen functional groups attached to an aromatic ring is 1. The van der Waals surface area contributed by atoms with Crippen molar-refractivity contribution in [1.82, 2.24) is 4.98 Å². The first-order chi connectivity index (χ1) is 9.88. The molecule has 0 spiro atoms. The van der Waals surface area contributed by atoms with Crippen molar-refractivity contribution >= 4 is 5.82 Å². The summed E-state index contributed by atoms with van der Waals surface area (Å²) in [7, 11) is 0. The van der Waals surface area contributed by atoms with Gasteiger partial charge >= 0.3 is 0 Å². The highest BCUT2D eigenvalue weighted by molar-refractivity contribution is 5.67. The van der Waals surface area contributed by atoms with Crippen LogP contribution in [0.4, 0.5) is 27.8 Å². The lowest BCUT2D eigenvalue weighted by Gasteiger charge is -2.10. The minimum Gasteiger partial charge on any atom is -0.383 e.